The lowest BCUT2D eigenvalue weighted by molar-refractivity contribution is 0.102. The Morgan fingerprint density at radius 3 is 2.70 bits per heavy atom. The normalized spacial score (nSPS) is 10.3. The van der Waals surface area contributed by atoms with Crippen molar-refractivity contribution in [2.75, 3.05) is 11.9 Å². The molecule has 104 valence electrons. The average molecular weight is 354 g/mol. The fraction of sp³-hybridized carbons (Fsp3) is 0.133. The number of anilines is 1. The number of nitrogens with one attached hydrogen (secondary N) is 1. The number of carbonyl (C=O) groups is 1. The molecule has 0 aromatic heterocycles. The zero-order valence-corrected chi connectivity index (χ0v) is 13.0. The van der Waals surface area contributed by atoms with Crippen LogP contribution in [0.4, 0.5) is 5.69 Å². The van der Waals surface area contributed by atoms with Gasteiger partial charge in [0.05, 0.1) is 15.2 Å². The van der Waals surface area contributed by atoms with Crippen LogP contribution in [-0.2, 0) is 6.42 Å². The third kappa shape index (κ3) is 3.39. The van der Waals surface area contributed by atoms with Crippen molar-refractivity contribution in [2.24, 2.45) is 5.73 Å². The molecule has 0 aliphatic heterocycles. The van der Waals surface area contributed by atoms with Gasteiger partial charge >= 0.3 is 0 Å². The lowest BCUT2D eigenvalue weighted by Gasteiger charge is -2.11. The Balaban J connectivity index is 2.26. The Kier molecular flexibility index (Phi) is 5.17. The van der Waals surface area contributed by atoms with Crippen molar-refractivity contribution in [3.63, 3.8) is 0 Å². The van der Waals surface area contributed by atoms with Crippen LogP contribution in [-0.4, -0.2) is 12.5 Å². The quantitative estimate of drug-likeness (QED) is 0.877. The van der Waals surface area contributed by atoms with Gasteiger partial charge in [-0.2, -0.15) is 0 Å². The summed E-state index contributed by atoms with van der Waals surface area (Å²) in [6, 6.07) is 12.8. The van der Waals surface area contributed by atoms with E-state index < -0.39 is 0 Å². The van der Waals surface area contributed by atoms with Gasteiger partial charge in [-0.25, -0.2) is 0 Å². The average Bonchev–Trinajstić information content (AvgIpc) is 2.45. The second-order valence-corrected chi connectivity index (χ2v) is 5.45. The second-order valence-electron chi connectivity index (χ2n) is 4.25. The van der Waals surface area contributed by atoms with Crippen molar-refractivity contribution in [2.45, 2.75) is 6.42 Å². The highest BCUT2D eigenvalue weighted by molar-refractivity contribution is 9.10. The van der Waals surface area contributed by atoms with Crippen molar-refractivity contribution in [3.8, 4) is 0 Å². The van der Waals surface area contributed by atoms with Crippen LogP contribution in [0.1, 0.15) is 15.9 Å². The zero-order chi connectivity index (χ0) is 14.5. The molecular formula is C15H14BrClN2O. The molecule has 0 saturated heterocycles. The molecule has 0 aliphatic carbocycles. The Hall–Kier alpha value is -1.36. The van der Waals surface area contributed by atoms with Gasteiger partial charge in [0.25, 0.3) is 5.91 Å². The minimum Gasteiger partial charge on any atom is -0.330 e. The van der Waals surface area contributed by atoms with E-state index in [9.17, 15) is 4.79 Å². The van der Waals surface area contributed by atoms with Gasteiger partial charge in [-0.05, 0) is 52.7 Å². The highest BCUT2D eigenvalue weighted by Gasteiger charge is 2.12. The van der Waals surface area contributed by atoms with Crippen molar-refractivity contribution in [1.29, 1.82) is 0 Å². The molecule has 3 N–H and O–H groups in total. The molecule has 0 spiro atoms. The van der Waals surface area contributed by atoms with Gasteiger partial charge in [-0.3, -0.25) is 4.79 Å². The SMILES string of the molecule is NCCc1ccccc1C(=O)Nc1cccc(Cl)c1Br. The summed E-state index contributed by atoms with van der Waals surface area (Å²) in [5.74, 6) is -0.169. The van der Waals surface area contributed by atoms with Gasteiger partial charge in [0, 0.05) is 5.56 Å². The molecule has 0 heterocycles. The van der Waals surface area contributed by atoms with Crippen LogP contribution in [0.2, 0.25) is 5.02 Å². The number of carbonyl (C=O) groups excluding carboxylic acids is 1. The number of benzene rings is 2. The highest BCUT2D eigenvalue weighted by Crippen LogP contribution is 2.30. The van der Waals surface area contributed by atoms with Gasteiger partial charge in [-0.1, -0.05) is 35.9 Å². The highest BCUT2D eigenvalue weighted by atomic mass is 79.9. The molecule has 5 heteroatoms. The number of amides is 1. The molecule has 0 radical (unpaired) electrons. The lowest BCUT2D eigenvalue weighted by Crippen LogP contribution is -2.16. The number of halogens is 2. The number of hydrogen-bond acceptors (Lipinski definition) is 2. The van der Waals surface area contributed by atoms with Crippen LogP contribution in [0, 0.1) is 0 Å². The smallest absolute Gasteiger partial charge is 0.255 e. The molecule has 20 heavy (non-hydrogen) atoms. The van der Waals surface area contributed by atoms with Crippen LogP contribution in [0.3, 0.4) is 0 Å². The summed E-state index contributed by atoms with van der Waals surface area (Å²) in [6.45, 7) is 0.505. The van der Waals surface area contributed by atoms with Crippen LogP contribution in [0.15, 0.2) is 46.9 Å². The summed E-state index contributed by atoms with van der Waals surface area (Å²) < 4.78 is 0.673. The molecular weight excluding hydrogens is 340 g/mol. The Morgan fingerprint density at radius 1 is 1.20 bits per heavy atom. The second kappa shape index (κ2) is 6.88. The molecule has 0 unspecified atom stereocenters. The molecule has 0 fully saturated rings. The Labute approximate surface area is 131 Å². The van der Waals surface area contributed by atoms with Gasteiger partial charge < -0.3 is 11.1 Å². The maximum atomic E-state index is 12.4. The van der Waals surface area contributed by atoms with E-state index in [1.165, 1.54) is 0 Å². The molecule has 2 aromatic carbocycles. The van der Waals surface area contributed by atoms with Crippen LogP contribution >= 0.6 is 27.5 Å². The van der Waals surface area contributed by atoms with E-state index in [1.54, 1.807) is 24.3 Å². The number of hydrogen-bond donors (Lipinski definition) is 2. The predicted molar refractivity (Wildman–Crippen MR) is 86.3 cm³/mol. The zero-order valence-electron chi connectivity index (χ0n) is 10.7. The summed E-state index contributed by atoms with van der Waals surface area (Å²) in [5, 5.41) is 3.41. The van der Waals surface area contributed by atoms with E-state index in [1.807, 2.05) is 18.2 Å². The van der Waals surface area contributed by atoms with Gasteiger partial charge in [0.2, 0.25) is 0 Å². The fourth-order valence-electron chi connectivity index (χ4n) is 1.91. The van der Waals surface area contributed by atoms with Crippen LogP contribution < -0.4 is 11.1 Å². The summed E-state index contributed by atoms with van der Waals surface area (Å²) in [4.78, 5) is 12.4. The largest absolute Gasteiger partial charge is 0.330 e. The first-order valence-electron chi connectivity index (χ1n) is 6.17. The van der Waals surface area contributed by atoms with Crippen molar-refractivity contribution in [3.05, 3.63) is 63.1 Å². The molecule has 2 rings (SSSR count). The first-order chi connectivity index (χ1) is 9.63. The number of rotatable bonds is 4. The van der Waals surface area contributed by atoms with E-state index in [2.05, 4.69) is 21.2 Å². The summed E-state index contributed by atoms with van der Waals surface area (Å²) in [5.41, 5.74) is 7.78. The Bertz CT molecular complexity index is 631. The third-order valence-corrected chi connectivity index (χ3v) is 4.27. The van der Waals surface area contributed by atoms with E-state index >= 15 is 0 Å². The van der Waals surface area contributed by atoms with Crippen LogP contribution in [0.25, 0.3) is 0 Å². The summed E-state index contributed by atoms with van der Waals surface area (Å²) in [7, 11) is 0. The van der Waals surface area contributed by atoms with E-state index in [-0.39, 0.29) is 5.91 Å². The maximum Gasteiger partial charge on any atom is 0.255 e. The maximum absolute atomic E-state index is 12.4. The monoisotopic (exact) mass is 352 g/mol. The molecule has 0 aliphatic rings. The first kappa shape index (κ1) is 15.0. The Morgan fingerprint density at radius 2 is 1.95 bits per heavy atom. The van der Waals surface area contributed by atoms with E-state index in [0.29, 0.717) is 33.7 Å². The molecule has 0 saturated carbocycles. The fourth-order valence-corrected chi connectivity index (χ4v) is 2.44. The van der Waals surface area contributed by atoms with Crippen molar-refractivity contribution < 1.29 is 4.79 Å². The minimum atomic E-state index is -0.169. The summed E-state index contributed by atoms with van der Waals surface area (Å²) in [6.07, 6.45) is 0.667. The van der Waals surface area contributed by atoms with Crippen LogP contribution in [0.5, 0.6) is 0 Å². The molecule has 0 atom stereocenters. The summed E-state index contributed by atoms with van der Waals surface area (Å²) >= 11 is 9.37. The topological polar surface area (TPSA) is 55.1 Å². The van der Waals surface area contributed by atoms with Gasteiger partial charge in [0.1, 0.15) is 0 Å². The standard InChI is InChI=1S/C15H14BrClN2O/c16-14-12(17)6-3-7-13(14)19-15(20)11-5-2-1-4-10(11)8-9-18/h1-7H,8-9,18H2,(H,19,20). The minimum absolute atomic E-state index is 0.169. The van der Waals surface area contributed by atoms with E-state index in [4.69, 9.17) is 17.3 Å². The van der Waals surface area contributed by atoms with Gasteiger partial charge in [-0.15, -0.1) is 0 Å². The van der Waals surface area contributed by atoms with Gasteiger partial charge in [0.15, 0.2) is 0 Å². The molecule has 2 aromatic rings. The molecule has 3 nitrogen and oxygen atoms in total. The number of nitrogens with two attached hydrogens (primary N) is 1. The van der Waals surface area contributed by atoms with E-state index in [0.717, 1.165) is 5.56 Å². The van der Waals surface area contributed by atoms with Crippen molar-refractivity contribution in [1.82, 2.24) is 0 Å². The molecule has 0 bridgehead atoms. The third-order valence-electron chi connectivity index (χ3n) is 2.88. The van der Waals surface area contributed by atoms with Crippen molar-refractivity contribution >= 4 is 39.1 Å². The molecule has 1 amide bonds. The predicted octanol–water partition coefficient (Wildman–Crippen LogP) is 3.86. The first-order valence-corrected chi connectivity index (χ1v) is 7.34. The lowest BCUT2D eigenvalue weighted by atomic mass is 10.0.